The summed E-state index contributed by atoms with van der Waals surface area (Å²) in [5, 5.41) is 10.9. The summed E-state index contributed by atoms with van der Waals surface area (Å²) in [6.45, 7) is 6.62. The lowest BCUT2D eigenvalue weighted by Crippen LogP contribution is -2.57. The van der Waals surface area contributed by atoms with Crippen LogP contribution < -0.4 is 0 Å². The fourth-order valence-corrected chi connectivity index (χ4v) is 4.09. The lowest BCUT2D eigenvalue weighted by Gasteiger charge is -2.53. The Morgan fingerprint density at radius 1 is 1.33 bits per heavy atom. The van der Waals surface area contributed by atoms with Gasteiger partial charge in [-0.15, -0.1) is 0 Å². The van der Waals surface area contributed by atoms with Gasteiger partial charge >= 0.3 is 0 Å². The number of aliphatic hydroxyl groups is 1. The second-order valence-corrected chi connectivity index (χ2v) is 6.39. The maximum Gasteiger partial charge on any atom is 0.153 e. The molecule has 0 aromatic heterocycles. The molecule has 2 fully saturated rings. The fraction of sp³-hybridized carbons (Fsp3) is 0.867. The first-order valence-corrected chi connectivity index (χ1v) is 6.98. The number of hydrogen-bond acceptors (Lipinski definition) is 3. The summed E-state index contributed by atoms with van der Waals surface area (Å²) in [6, 6.07) is 0. The highest BCUT2D eigenvalue weighted by Gasteiger charge is 2.53. The first-order chi connectivity index (χ1) is 8.48. The van der Waals surface area contributed by atoms with E-state index in [-0.39, 0.29) is 12.0 Å². The van der Waals surface area contributed by atoms with E-state index in [9.17, 15) is 5.11 Å². The van der Waals surface area contributed by atoms with Crippen LogP contribution in [-0.2, 0) is 9.78 Å². The van der Waals surface area contributed by atoms with Crippen LogP contribution in [0.15, 0.2) is 0 Å². The van der Waals surface area contributed by atoms with Crippen molar-refractivity contribution in [2.24, 2.45) is 23.7 Å². The van der Waals surface area contributed by atoms with Gasteiger partial charge in [0.25, 0.3) is 0 Å². The second-order valence-electron chi connectivity index (χ2n) is 6.39. The third-order valence-electron chi connectivity index (χ3n) is 5.07. The normalized spacial score (nSPS) is 48.1. The van der Waals surface area contributed by atoms with Crippen molar-refractivity contribution >= 4 is 0 Å². The summed E-state index contributed by atoms with van der Waals surface area (Å²) < 4.78 is 0. The highest BCUT2D eigenvalue weighted by atomic mass is 17.2. The molecule has 0 heterocycles. The van der Waals surface area contributed by atoms with Crippen LogP contribution in [0.25, 0.3) is 0 Å². The molecule has 0 aromatic carbocycles. The zero-order chi connectivity index (χ0) is 13.3. The minimum absolute atomic E-state index is 0.0902. The van der Waals surface area contributed by atoms with Crippen LogP contribution >= 0.6 is 0 Å². The van der Waals surface area contributed by atoms with Gasteiger partial charge in [-0.1, -0.05) is 27.2 Å². The van der Waals surface area contributed by atoms with E-state index >= 15 is 0 Å². The van der Waals surface area contributed by atoms with Crippen LogP contribution in [0.4, 0.5) is 0 Å². The van der Waals surface area contributed by atoms with E-state index in [1.807, 2.05) is 0 Å². The highest BCUT2D eigenvalue weighted by Crippen LogP contribution is 2.51. The van der Waals surface area contributed by atoms with Crippen molar-refractivity contribution in [3.8, 4) is 12.5 Å². The van der Waals surface area contributed by atoms with E-state index in [2.05, 4.69) is 26.9 Å². The number of fused-ring (bicyclic) bond motifs is 1. The molecule has 6 atom stereocenters. The Bertz CT molecular complexity index is 335. The molecule has 102 valence electrons. The summed E-state index contributed by atoms with van der Waals surface area (Å²) in [6.07, 6.45) is 10.8. The first kappa shape index (κ1) is 13.7. The van der Waals surface area contributed by atoms with Crippen LogP contribution in [0.3, 0.4) is 0 Å². The van der Waals surface area contributed by atoms with Gasteiger partial charge in [-0.2, -0.15) is 4.89 Å². The van der Waals surface area contributed by atoms with E-state index in [0.717, 1.165) is 25.7 Å². The first-order valence-electron chi connectivity index (χ1n) is 6.98. The maximum absolute atomic E-state index is 10.9. The molecule has 18 heavy (non-hydrogen) atoms. The average molecular weight is 252 g/mol. The quantitative estimate of drug-likeness (QED) is 0.466. The number of hydrogen-bond donors (Lipinski definition) is 1. The van der Waals surface area contributed by atoms with Crippen molar-refractivity contribution in [3.05, 3.63) is 0 Å². The smallest absolute Gasteiger partial charge is 0.153 e. The molecule has 0 saturated heterocycles. The molecule has 0 spiro atoms. The van der Waals surface area contributed by atoms with E-state index in [0.29, 0.717) is 17.8 Å². The Morgan fingerprint density at radius 3 is 2.72 bits per heavy atom. The van der Waals surface area contributed by atoms with Gasteiger partial charge in [-0.25, -0.2) is 0 Å². The largest absolute Gasteiger partial charge is 0.389 e. The van der Waals surface area contributed by atoms with Crippen LogP contribution in [0, 0.1) is 36.2 Å². The third-order valence-corrected chi connectivity index (χ3v) is 5.07. The van der Waals surface area contributed by atoms with E-state index in [4.69, 9.17) is 16.2 Å². The van der Waals surface area contributed by atoms with Crippen molar-refractivity contribution < 1.29 is 14.9 Å². The third kappa shape index (κ3) is 2.37. The van der Waals surface area contributed by atoms with Crippen LogP contribution in [0.2, 0.25) is 0 Å². The fourth-order valence-electron chi connectivity index (χ4n) is 4.09. The Labute approximate surface area is 110 Å². The Hall–Kier alpha value is -0.720. The highest BCUT2D eigenvalue weighted by molar-refractivity contribution is 5.02. The molecule has 0 bridgehead atoms. The van der Waals surface area contributed by atoms with E-state index < -0.39 is 5.60 Å². The topological polar surface area (TPSA) is 38.7 Å². The molecule has 3 nitrogen and oxygen atoms in total. The summed E-state index contributed by atoms with van der Waals surface area (Å²) in [7, 11) is 0. The average Bonchev–Trinajstić information content (AvgIpc) is 2.30. The number of terminal acetylenes is 1. The van der Waals surface area contributed by atoms with Gasteiger partial charge in [-0.05, 0) is 43.4 Å². The molecule has 2 rings (SSSR count). The van der Waals surface area contributed by atoms with E-state index in [1.165, 1.54) is 0 Å². The van der Waals surface area contributed by atoms with Gasteiger partial charge in [0.05, 0.1) is 5.60 Å². The predicted octanol–water partition coefficient (Wildman–Crippen LogP) is 2.74. The minimum Gasteiger partial charge on any atom is -0.389 e. The van der Waals surface area contributed by atoms with Crippen molar-refractivity contribution in [3.63, 3.8) is 0 Å². The zero-order valence-corrected chi connectivity index (χ0v) is 11.6. The molecule has 0 aliphatic heterocycles. The predicted molar refractivity (Wildman–Crippen MR) is 69.2 cm³/mol. The Balaban J connectivity index is 2.20. The van der Waals surface area contributed by atoms with Gasteiger partial charge in [0.15, 0.2) is 6.11 Å². The SMILES string of the molecule is C#COOC1CC(C)CC2(O)CCC(C)C(C)C12. The lowest BCUT2D eigenvalue weighted by molar-refractivity contribution is -0.320. The minimum atomic E-state index is -0.605. The van der Waals surface area contributed by atoms with Crippen molar-refractivity contribution in [1.29, 1.82) is 0 Å². The van der Waals surface area contributed by atoms with Gasteiger partial charge in [0.2, 0.25) is 0 Å². The lowest BCUT2D eigenvalue weighted by atomic mass is 9.57. The molecular formula is C15H24O3. The van der Waals surface area contributed by atoms with Gasteiger partial charge in [0.1, 0.15) is 6.10 Å². The molecule has 1 N–H and O–H groups in total. The number of rotatable bonds is 2. The zero-order valence-electron chi connectivity index (χ0n) is 11.6. The molecule has 2 saturated carbocycles. The molecule has 2 aliphatic carbocycles. The van der Waals surface area contributed by atoms with E-state index in [1.54, 1.807) is 0 Å². The standard InChI is InChI=1S/C15H24O3/c1-5-17-18-13-8-10(2)9-15(16)7-6-11(3)12(4)14(13)15/h1,10-14,16H,6-9H2,2-4H3. The Morgan fingerprint density at radius 2 is 2.06 bits per heavy atom. The van der Waals surface area contributed by atoms with Crippen LogP contribution in [0.5, 0.6) is 0 Å². The molecule has 6 unspecified atom stereocenters. The molecule has 0 aromatic rings. The van der Waals surface area contributed by atoms with Gasteiger partial charge in [0, 0.05) is 5.92 Å². The van der Waals surface area contributed by atoms with Crippen LogP contribution in [0.1, 0.15) is 46.5 Å². The van der Waals surface area contributed by atoms with Crippen molar-refractivity contribution in [2.75, 3.05) is 0 Å². The van der Waals surface area contributed by atoms with Gasteiger partial charge < -0.3 is 5.11 Å². The molecule has 0 amide bonds. The molecule has 2 aliphatic rings. The van der Waals surface area contributed by atoms with Crippen molar-refractivity contribution in [1.82, 2.24) is 0 Å². The summed E-state index contributed by atoms with van der Waals surface area (Å²) in [4.78, 5) is 10.1. The summed E-state index contributed by atoms with van der Waals surface area (Å²) in [5.74, 6) is 1.62. The second kappa shape index (κ2) is 5.11. The van der Waals surface area contributed by atoms with Gasteiger partial charge in [-0.3, -0.25) is 4.89 Å². The molecule has 3 heteroatoms. The van der Waals surface area contributed by atoms with Crippen LogP contribution in [-0.4, -0.2) is 16.8 Å². The van der Waals surface area contributed by atoms with Crippen molar-refractivity contribution in [2.45, 2.75) is 58.2 Å². The summed E-state index contributed by atoms with van der Waals surface area (Å²) >= 11 is 0. The Kier molecular flexibility index (Phi) is 3.89. The molecular weight excluding hydrogens is 228 g/mol. The molecule has 0 radical (unpaired) electrons. The monoisotopic (exact) mass is 252 g/mol. The maximum atomic E-state index is 10.9. The summed E-state index contributed by atoms with van der Waals surface area (Å²) in [5.41, 5.74) is -0.605.